The zero-order valence-corrected chi connectivity index (χ0v) is 12.0. The fraction of sp³-hybridized carbons (Fsp3) is 0.182. The smallest absolute Gasteiger partial charge is 0.276 e. The Bertz CT molecular complexity index is 751. The van der Waals surface area contributed by atoms with E-state index in [-0.39, 0.29) is 21.2 Å². The molecule has 0 spiro atoms. The third-order valence-corrected chi connectivity index (χ3v) is 3.83. The number of methoxy groups -OCH3 is 1. The predicted molar refractivity (Wildman–Crippen MR) is 71.1 cm³/mol. The second-order valence-electron chi connectivity index (χ2n) is 3.93. The molecule has 0 bridgehead atoms. The van der Waals surface area contributed by atoms with Crippen LogP contribution < -0.4 is 14.5 Å². The molecule has 2 aromatic rings. The normalized spacial score (nSPS) is 11.7. The van der Waals surface area contributed by atoms with Crippen LogP contribution in [0.25, 0.3) is 0 Å². The Morgan fingerprint density at radius 1 is 1.43 bits per heavy atom. The van der Waals surface area contributed by atoms with E-state index in [0.717, 1.165) is 6.21 Å². The lowest BCUT2D eigenvalue weighted by Gasteiger charge is -2.04. The Hall–Kier alpha value is -2.62. The Kier molecular flexibility index (Phi) is 4.08. The highest BCUT2D eigenvalue weighted by atomic mass is 32.2. The number of benzene rings is 1. The molecule has 1 aromatic carbocycles. The summed E-state index contributed by atoms with van der Waals surface area (Å²) in [7, 11) is -2.33. The summed E-state index contributed by atoms with van der Waals surface area (Å²) >= 11 is 0. The highest BCUT2D eigenvalue weighted by molar-refractivity contribution is 7.89. The first-order valence-electron chi connectivity index (χ1n) is 5.69. The summed E-state index contributed by atoms with van der Waals surface area (Å²) in [6, 6.07) is 5.79. The lowest BCUT2D eigenvalue weighted by atomic mass is 10.3. The van der Waals surface area contributed by atoms with E-state index >= 15 is 0 Å². The third-order valence-electron chi connectivity index (χ3n) is 2.59. The van der Waals surface area contributed by atoms with Gasteiger partial charge in [-0.1, -0.05) is 0 Å². The summed E-state index contributed by atoms with van der Waals surface area (Å²) in [5, 5.41) is 17.9. The average molecular weight is 312 g/mol. The molecule has 0 fully saturated rings. The molecule has 0 radical (unpaired) electrons. The van der Waals surface area contributed by atoms with Gasteiger partial charge in [0.1, 0.15) is 12.0 Å². The molecule has 0 saturated heterocycles. The minimum Gasteiger partial charge on any atom is -0.497 e. The van der Waals surface area contributed by atoms with Gasteiger partial charge in [-0.3, -0.25) is 4.63 Å². The molecule has 0 saturated carbocycles. The van der Waals surface area contributed by atoms with Gasteiger partial charge in [0.25, 0.3) is 15.7 Å². The van der Waals surface area contributed by atoms with Gasteiger partial charge in [-0.2, -0.15) is 18.4 Å². The van der Waals surface area contributed by atoms with Crippen LogP contribution in [0.2, 0.25) is 0 Å². The molecule has 2 rings (SSSR count). The van der Waals surface area contributed by atoms with Crippen molar-refractivity contribution in [3.05, 3.63) is 40.9 Å². The van der Waals surface area contributed by atoms with Crippen molar-refractivity contribution >= 4 is 16.2 Å². The van der Waals surface area contributed by atoms with Crippen LogP contribution in [0, 0.1) is 12.1 Å². The fourth-order valence-electron chi connectivity index (χ4n) is 1.38. The monoisotopic (exact) mass is 312 g/mol. The lowest BCUT2D eigenvalue weighted by molar-refractivity contribution is -0.806. The van der Waals surface area contributed by atoms with Crippen LogP contribution in [0.5, 0.6) is 5.75 Å². The van der Waals surface area contributed by atoms with Gasteiger partial charge in [0.05, 0.1) is 12.0 Å². The minimum absolute atomic E-state index is 0.0243. The first kappa shape index (κ1) is 14.8. The van der Waals surface area contributed by atoms with E-state index in [1.807, 2.05) is 4.83 Å². The van der Waals surface area contributed by atoms with Gasteiger partial charge in [0, 0.05) is 12.1 Å². The largest absolute Gasteiger partial charge is 0.497 e. The predicted octanol–water partition coefficient (Wildman–Crippen LogP) is -0.0626. The van der Waals surface area contributed by atoms with Crippen molar-refractivity contribution in [3.8, 4) is 5.75 Å². The van der Waals surface area contributed by atoms with Gasteiger partial charge in [0.2, 0.25) is 5.69 Å². The zero-order chi connectivity index (χ0) is 15.5. The number of hydrogen-bond acceptors (Lipinski definition) is 7. The summed E-state index contributed by atoms with van der Waals surface area (Å²) in [6.07, 6.45) is 1.08. The summed E-state index contributed by atoms with van der Waals surface area (Å²) in [5.41, 5.74) is 0.296. The maximum atomic E-state index is 11.9. The van der Waals surface area contributed by atoms with Crippen LogP contribution in [0.15, 0.2) is 38.9 Å². The molecule has 10 heteroatoms. The topological polar surface area (TPSA) is 121 Å². The zero-order valence-electron chi connectivity index (χ0n) is 11.2. The maximum absolute atomic E-state index is 11.9. The molecule has 1 aromatic heterocycles. The number of aromatic nitrogens is 2. The number of ether oxygens (including phenoxy) is 1. The van der Waals surface area contributed by atoms with Crippen molar-refractivity contribution in [2.75, 3.05) is 7.11 Å². The average Bonchev–Trinajstić information content (AvgIpc) is 2.79. The molecule has 0 atom stereocenters. The molecule has 1 heterocycles. The van der Waals surface area contributed by atoms with E-state index in [9.17, 15) is 13.6 Å². The van der Waals surface area contributed by atoms with Gasteiger partial charge in [-0.25, -0.2) is 0 Å². The Morgan fingerprint density at radius 2 is 2.10 bits per heavy atom. The Labute approximate surface area is 120 Å². The number of rotatable bonds is 5. The first-order chi connectivity index (χ1) is 9.94. The summed E-state index contributed by atoms with van der Waals surface area (Å²) in [6.45, 7) is 1.46. The van der Waals surface area contributed by atoms with Gasteiger partial charge in [-0.15, -0.1) is 0 Å². The molecule has 0 aliphatic rings. The summed E-state index contributed by atoms with van der Waals surface area (Å²) < 4.78 is 33.1. The van der Waals surface area contributed by atoms with Crippen LogP contribution in [0.3, 0.4) is 0 Å². The van der Waals surface area contributed by atoms with Gasteiger partial charge in [-0.05, 0) is 29.2 Å². The number of sulfonamides is 1. The van der Waals surface area contributed by atoms with Crippen LogP contribution >= 0.6 is 0 Å². The van der Waals surface area contributed by atoms with Crippen molar-refractivity contribution in [2.24, 2.45) is 5.10 Å². The van der Waals surface area contributed by atoms with Crippen molar-refractivity contribution in [1.82, 2.24) is 9.99 Å². The Balaban J connectivity index is 2.12. The summed E-state index contributed by atoms with van der Waals surface area (Å²) in [4.78, 5) is 2.22. The van der Waals surface area contributed by atoms with Crippen LogP contribution in [0.1, 0.15) is 11.4 Å². The second kappa shape index (κ2) is 5.79. The molecule has 1 N–H and O–H groups in total. The SMILES string of the molecule is COc1ccc(S(=O)(=O)N/N=C/c2no[n+]([O-])c2C)cc1. The minimum atomic E-state index is -3.81. The molecular weight excluding hydrogens is 300 g/mol. The second-order valence-corrected chi connectivity index (χ2v) is 5.59. The molecule has 9 nitrogen and oxygen atoms in total. The van der Waals surface area contributed by atoms with Crippen molar-refractivity contribution < 1.29 is 22.7 Å². The lowest BCUT2D eigenvalue weighted by Crippen LogP contribution is -2.26. The Morgan fingerprint density at radius 3 is 2.62 bits per heavy atom. The number of nitrogens with zero attached hydrogens (tertiary/aromatic N) is 3. The molecule has 112 valence electrons. The van der Waals surface area contributed by atoms with Gasteiger partial charge >= 0.3 is 0 Å². The van der Waals surface area contributed by atoms with E-state index in [2.05, 4.69) is 14.9 Å². The number of hydrogen-bond donors (Lipinski definition) is 1. The quantitative estimate of drug-likeness (QED) is 0.469. The van der Waals surface area contributed by atoms with E-state index in [1.54, 1.807) is 0 Å². The highest BCUT2D eigenvalue weighted by Crippen LogP contribution is 2.15. The van der Waals surface area contributed by atoms with E-state index in [0.29, 0.717) is 5.75 Å². The van der Waals surface area contributed by atoms with Crippen molar-refractivity contribution in [1.29, 1.82) is 0 Å². The van der Waals surface area contributed by atoms with Crippen LogP contribution in [-0.2, 0) is 10.0 Å². The molecule has 0 aliphatic carbocycles. The first-order valence-corrected chi connectivity index (χ1v) is 7.17. The number of nitrogens with one attached hydrogen (secondary N) is 1. The highest BCUT2D eigenvalue weighted by Gasteiger charge is 2.14. The van der Waals surface area contributed by atoms with Crippen molar-refractivity contribution in [2.45, 2.75) is 11.8 Å². The molecule has 21 heavy (non-hydrogen) atoms. The molecular formula is C11H12N4O5S. The number of hydrazone groups is 1. The standard InChI is InChI=1S/C11H12N4O5S/c1-8-11(13-20-15(8)16)7-12-14-21(17,18)10-5-3-9(19-2)4-6-10/h3-7,14H,1-2H3/b12-7+. The van der Waals surface area contributed by atoms with Gasteiger partial charge < -0.3 is 9.94 Å². The van der Waals surface area contributed by atoms with Crippen molar-refractivity contribution in [3.63, 3.8) is 0 Å². The third kappa shape index (κ3) is 3.28. The fourth-order valence-corrected chi connectivity index (χ4v) is 2.17. The maximum Gasteiger partial charge on any atom is 0.276 e. The molecule has 0 amide bonds. The van der Waals surface area contributed by atoms with E-state index in [1.165, 1.54) is 38.3 Å². The van der Waals surface area contributed by atoms with E-state index in [4.69, 9.17) is 4.74 Å². The van der Waals surface area contributed by atoms with Gasteiger partial charge in [0.15, 0.2) is 0 Å². The van der Waals surface area contributed by atoms with E-state index < -0.39 is 10.0 Å². The summed E-state index contributed by atoms with van der Waals surface area (Å²) in [5.74, 6) is 0.538. The van der Waals surface area contributed by atoms with Crippen LogP contribution in [0.4, 0.5) is 0 Å². The molecule has 0 unspecified atom stereocenters. The molecule has 0 aliphatic heterocycles. The van der Waals surface area contributed by atoms with Crippen LogP contribution in [-0.4, -0.2) is 26.9 Å².